The molecule has 2 nitrogen and oxygen atoms in total. The van der Waals surface area contributed by atoms with Gasteiger partial charge in [0.25, 0.3) is 0 Å². The van der Waals surface area contributed by atoms with E-state index < -0.39 is 0 Å². The van der Waals surface area contributed by atoms with Crippen LogP contribution in [0.4, 0.5) is 0 Å². The van der Waals surface area contributed by atoms with Gasteiger partial charge in [-0.2, -0.15) is 0 Å². The first-order chi connectivity index (χ1) is 10.0. The van der Waals surface area contributed by atoms with Crippen molar-refractivity contribution < 1.29 is 0 Å². The van der Waals surface area contributed by atoms with Crippen molar-refractivity contribution in [2.24, 2.45) is 0 Å². The van der Waals surface area contributed by atoms with Crippen LogP contribution in [0.15, 0.2) is 60.7 Å². The van der Waals surface area contributed by atoms with Crippen LogP contribution in [-0.2, 0) is 0 Å². The maximum absolute atomic E-state index is 3.73. The molecule has 0 fully saturated rings. The van der Waals surface area contributed by atoms with Gasteiger partial charge in [-0.25, -0.2) is 0 Å². The van der Waals surface area contributed by atoms with E-state index in [1.54, 1.807) is 0 Å². The molecule has 0 saturated heterocycles. The van der Waals surface area contributed by atoms with Gasteiger partial charge in [0, 0.05) is 12.1 Å². The zero-order valence-corrected chi connectivity index (χ0v) is 13.5. The van der Waals surface area contributed by atoms with Gasteiger partial charge in [0.15, 0.2) is 0 Å². The zero-order chi connectivity index (χ0) is 15.3. The molecule has 0 aliphatic rings. The first kappa shape index (κ1) is 15.7. The number of benzene rings is 2. The summed E-state index contributed by atoms with van der Waals surface area (Å²) in [5.74, 6) is 0. The summed E-state index contributed by atoms with van der Waals surface area (Å²) in [5.41, 5.74) is 2.72. The van der Waals surface area contributed by atoms with Gasteiger partial charge < -0.3 is 10.2 Å². The highest BCUT2D eigenvalue weighted by Crippen LogP contribution is 2.22. The lowest BCUT2D eigenvalue weighted by Crippen LogP contribution is -2.47. The maximum Gasteiger partial charge on any atom is 0.0577 e. The maximum atomic E-state index is 3.73. The van der Waals surface area contributed by atoms with Crippen LogP contribution in [0.3, 0.4) is 0 Å². The normalized spacial score (nSPS) is 12.1. The summed E-state index contributed by atoms with van der Waals surface area (Å²) in [6.07, 6.45) is 0. The van der Waals surface area contributed by atoms with Crippen molar-refractivity contribution in [1.29, 1.82) is 0 Å². The predicted molar refractivity (Wildman–Crippen MR) is 90.5 cm³/mol. The number of rotatable bonds is 6. The molecule has 0 aliphatic carbocycles. The molecular weight excluding hydrogens is 256 g/mol. The van der Waals surface area contributed by atoms with Crippen LogP contribution in [0.5, 0.6) is 0 Å². The average Bonchev–Trinajstić information content (AvgIpc) is 2.49. The summed E-state index contributed by atoms with van der Waals surface area (Å²) in [5, 5.41) is 3.73. The Hall–Kier alpha value is -1.64. The van der Waals surface area contributed by atoms with Crippen molar-refractivity contribution >= 4 is 0 Å². The van der Waals surface area contributed by atoms with E-state index in [4.69, 9.17) is 0 Å². The van der Waals surface area contributed by atoms with Crippen molar-refractivity contribution in [2.45, 2.75) is 25.4 Å². The molecule has 0 spiro atoms. The Bertz CT molecular complexity index is 493. The summed E-state index contributed by atoms with van der Waals surface area (Å²) >= 11 is 0. The largest absolute Gasteiger partial charge is 0.304 e. The Labute approximate surface area is 128 Å². The summed E-state index contributed by atoms with van der Waals surface area (Å²) in [6.45, 7) is 5.44. The second-order valence-corrected chi connectivity index (χ2v) is 6.34. The van der Waals surface area contributed by atoms with Crippen LogP contribution in [0.2, 0.25) is 0 Å². The molecule has 0 aromatic heterocycles. The fourth-order valence-corrected chi connectivity index (χ4v) is 2.23. The van der Waals surface area contributed by atoms with Crippen molar-refractivity contribution in [3.05, 3.63) is 71.8 Å². The monoisotopic (exact) mass is 282 g/mol. The summed E-state index contributed by atoms with van der Waals surface area (Å²) in [4.78, 5) is 2.26. The van der Waals surface area contributed by atoms with Crippen LogP contribution in [-0.4, -0.2) is 31.1 Å². The average molecular weight is 282 g/mol. The fraction of sp³-hybridized carbons (Fsp3) is 0.368. The molecule has 0 radical (unpaired) electrons. The number of nitrogens with zero attached hydrogens (tertiary/aromatic N) is 1. The van der Waals surface area contributed by atoms with Crippen LogP contribution in [0, 0.1) is 0 Å². The van der Waals surface area contributed by atoms with Gasteiger partial charge in [0.2, 0.25) is 0 Å². The highest BCUT2D eigenvalue weighted by atomic mass is 15.2. The molecule has 2 aromatic rings. The summed E-state index contributed by atoms with van der Waals surface area (Å²) < 4.78 is 0. The Morgan fingerprint density at radius 2 is 1.29 bits per heavy atom. The molecule has 2 rings (SSSR count). The van der Waals surface area contributed by atoms with Gasteiger partial charge in [0.05, 0.1) is 6.04 Å². The van der Waals surface area contributed by atoms with Gasteiger partial charge in [0.1, 0.15) is 0 Å². The predicted octanol–water partition coefficient (Wildman–Crippen LogP) is 3.71. The highest BCUT2D eigenvalue weighted by molar-refractivity contribution is 5.31. The van der Waals surface area contributed by atoms with Gasteiger partial charge in [-0.05, 0) is 39.1 Å². The van der Waals surface area contributed by atoms with Crippen LogP contribution >= 0.6 is 0 Å². The van der Waals surface area contributed by atoms with Crippen LogP contribution in [0.25, 0.3) is 0 Å². The first-order valence-corrected chi connectivity index (χ1v) is 7.51. The molecule has 2 heteroatoms. The van der Waals surface area contributed by atoms with Crippen molar-refractivity contribution in [1.82, 2.24) is 10.2 Å². The molecule has 2 aromatic carbocycles. The Kier molecular flexibility index (Phi) is 5.16. The summed E-state index contributed by atoms with van der Waals surface area (Å²) in [7, 11) is 4.25. The van der Waals surface area contributed by atoms with Gasteiger partial charge in [-0.15, -0.1) is 0 Å². The molecule has 0 bridgehead atoms. The smallest absolute Gasteiger partial charge is 0.0577 e. The highest BCUT2D eigenvalue weighted by Gasteiger charge is 2.23. The number of hydrogen-bond donors (Lipinski definition) is 1. The topological polar surface area (TPSA) is 15.3 Å². The van der Waals surface area contributed by atoms with Crippen LogP contribution < -0.4 is 5.32 Å². The Morgan fingerprint density at radius 3 is 1.67 bits per heavy atom. The van der Waals surface area contributed by atoms with Gasteiger partial charge in [-0.1, -0.05) is 60.7 Å². The molecule has 0 saturated carbocycles. The molecule has 0 aliphatic heterocycles. The third-order valence-electron chi connectivity index (χ3n) is 4.22. The molecule has 0 heterocycles. The molecule has 21 heavy (non-hydrogen) atoms. The number of hydrogen-bond acceptors (Lipinski definition) is 2. The summed E-state index contributed by atoms with van der Waals surface area (Å²) in [6, 6.07) is 21.5. The first-order valence-electron chi connectivity index (χ1n) is 7.51. The van der Waals surface area contributed by atoms with E-state index in [9.17, 15) is 0 Å². The van der Waals surface area contributed by atoms with Gasteiger partial charge in [-0.3, -0.25) is 0 Å². The van der Waals surface area contributed by atoms with E-state index in [1.165, 1.54) is 11.1 Å². The fourth-order valence-electron chi connectivity index (χ4n) is 2.23. The quantitative estimate of drug-likeness (QED) is 0.869. The lowest BCUT2D eigenvalue weighted by Gasteiger charge is -2.34. The Balaban J connectivity index is 2.22. The molecule has 1 N–H and O–H groups in total. The third kappa shape index (κ3) is 4.16. The lowest BCUT2D eigenvalue weighted by atomic mass is 9.96. The van der Waals surface area contributed by atoms with Crippen molar-refractivity contribution in [2.75, 3.05) is 20.6 Å². The minimum atomic E-state index is 0.113. The molecule has 112 valence electrons. The van der Waals surface area contributed by atoms with E-state index in [-0.39, 0.29) is 11.6 Å². The second kappa shape index (κ2) is 6.88. The van der Waals surface area contributed by atoms with E-state index in [2.05, 4.69) is 98.8 Å². The van der Waals surface area contributed by atoms with E-state index in [0.717, 1.165) is 6.54 Å². The number of likely N-dealkylation sites (N-methyl/N-ethyl adjacent to an activating group) is 1. The standard InChI is InChI=1S/C19H26N2/c1-19(2,21(3)4)15-20-18(16-11-7-5-8-12-16)17-13-9-6-10-14-17/h5-14,18,20H,15H2,1-4H3. The molecular formula is C19H26N2. The Morgan fingerprint density at radius 1 is 0.857 bits per heavy atom. The van der Waals surface area contributed by atoms with E-state index in [1.807, 2.05) is 0 Å². The number of nitrogens with one attached hydrogen (secondary N) is 1. The van der Waals surface area contributed by atoms with E-state index >= 15 is 0 Å². The minimum Gasteiger partial charge on any atom is -0.304 e. The SMILES string of the molecule is CN(C)C(C)(C)CNC(c1ccccc1)c1ccccc1. The molecule has 0 amide bonds. The third-order valence-corrected chi connectivity index (χ3v) is 4.22. The zero-order valence-electron chi connectivity index (χ0n) is 13.5. The van der Waals surface area contributed by atoms with Gasteiger partial charge >= 0.3 is 0 Å². The molecule has 0 unspecified atom stereocenters. The second-order valence-electron chi connectivity index (χ2n) is 6.34. The van der Waals surface area contributed by atoms with Crippen molar-refractivity contribution in [3.8, 4) is 0 Å². The lowest BCUT2D eigenvalue weighted by molar-refractivity contribution is 0.187. The minimum absolute atomic E-state index is 0.113. The van der Waals surface area contributed by atoms with E-state index in [0.29, 0.717) is 0 Å². The van der Waals surface area contributed by atoms with Crippen LogP contribution in [0.1, 0.15) is 31.0 Å². The molecule has 0 atom stereocenters. The van der Waals surface area contributed by atoms with Crippen molar-refractivity contribution in [3.63, 3.8) is 0 Å².